The first-order valence-electron chi connectivity index (χ1n) is 9.18. The molecule has 1 aliphatic rings. The van der Waals surface area contributed by atoms with Gasteiger partial charge in [0.25, 0.3) is 5.91 Å². The largest absolute Gasteiger partial charge is 0.452 e. The predicted molar refractivity (Wildman–Crippen MR) is 106 cm³/mol. The molecule has 1 aromatic carbocycles. The van der Waals surface area contributed by atoms with E-state index in [1.807, 2.05) is 5.32 Å². The van der Waals surface area contributed by atoms with Crippen molar-refractivity contribution in [3.05, 3.63) is 28.8 Å². The molecule has 29 heavy (non-hydrogen) atoms. The van der Waals surface area contributed by atoms with Crippen LogP contribution < -0.4 is 10.6 Å². The molecule has 0 atom stereocenters. The highest BCUT2D eigenvalue weighted by atomic mass is 35.5. The summed E-state index contributed by atoms with van der Waals surface area (Å²) in [4.78, 5) is 35.2. The van der Waals surface area contributed by atoms with Crippen LogP contribution in [0.15, 0.2) is 23.1 Å². The van der Waals surface area contributed by atoms with Gasteiger partial charge in [-0.3, -0.25) is 10.1 Å². The molecule has 1 saturated heterocycles. The van der Waals surface area contributed by atoms with Gasteiger partial charge in [0.1, 0.15) is 4.90 Å². The molecule has 0 unspecified atom stereocenters. The van der Waals surface area contributed by atoms with Crippen LogP contribution in [0.25, 0.3) is 0 Å². The minimum Gasteiger partial charge on any atom is -0.452 e. The molecule has 0 saturated carbocycles. The third-order valence-corrected chi connectivity index (χ3v) is 6.49. The van der Waals surface area contributed by atoms with E-state index in [9.17, 15) is 22.8 Å². The van der Waals surface area contributed by atoms with Crippen LogP contribution in [-0.4, -0.2) is 56.4 Å². The number of imide groups is 1. The van der Waals surface area contributed by atoms with E-state index in [0.29, 0.717) is 13.1 Å². The zero-order valence-corrected chi connectivity index (χ0v) is 17.8. The number of carbonyl (C=O) groups is 3. The molecular weight excluding hydrogens is 422 g/mol. The monoisotopic (exact) mass is 445 g/mol. The summed E-state index contributed by atoms with van der Waals surface area (Å²) in [5.74, 6) is -1.72. The Hall–Kier alpha value is -2.17. The first-order valence-corrected chi connectivity index (χ1v) is 11.0. The third-order valence-electron chi connectivity index (χ3n) is 4.11. The van der Waals surface area contributed by atoms with Crippen LogP contribution in [0.2, 0.25) is 5.02 Å². The molecule has 0 spiro atoms. The Morgan fingerprint density at radius 2 is 1.83 bits per heavy atom. The number of carbonyl (C=O) groups excluding carboxylic acids is 3. The highest BCUT2D eigenvalue weighted by molar-refractivity contribution is 7.89. The van der Waals surface area contributed by atoms with Crippen LogP contribution in [0.3, 0.4) is 0 Å². The second kappa shape index (κ2) is 10.0. The van der Waals surface area contributed by atoms with Crippen molar-refractivity contribution in [3.8, 4) is 0 Å². The Labute approximate surface area is 174 Å². The molecule has 1 heterocycles. The summed E-state index contributed by atoms with van der Waals surface area (Å²) in [6.45, 7) is 3.54. The summed E-state index contributed by atoms with van der Waals surface area (Å²) in [5.41, 5.74) is -0.0654. The molecule has 2 rings (SSSR count). The molecule has 0 aromatic heterocycles. The van der Waals surface area contributed by atoms with E-state index in [-0.39, 0.29) is 21.5 Å². The Kier molecular flexibility index (Phi) is 8.00. The van der Waals surface area contributed by atoms with E-state index in [1.165, 1.54) is 16.4 Å². The fraction of sp³-hybridized carbons (Fsp3) is 0.500. The molecular formula is C18H24ClN3O6S. The maximum atomic E-state index is 12.8. The number of amides is 3. The maximum absolute atomic E-state index is 12.8. The van der Waals surface area contributed by atoms with Crippen molar-refractivity contribution < 1.29 is 27.5 Å². The Morgan fingerprint density at radius 3 is 2.45 bits per heavy atom. The normalized spacial score (nSPS) is 15.0. The number of ether oxygens (including phenoxy) is 1. The fourth-order valence-corrected chi connectivity index (χ4v) is 4.77. The van der Waals surface area contributed by atoms with Gasteiger partial charge in [-0.2, -0.15) is 4.31 Å². The number of benzene rings is 1. The summed E-state index contributed by atoms with van der Waals surface area (Å²) in [7, 11) is -3.85. The fourth-order valence-electron chi connectivity index (χ4n) is 2.75. The first kappa shape index (κ1) is 23.1. The van der Waals surface area contributed by atoms with Crippen LogP contribution in [0.5, 0.6) is 0 Å². The molecule has 1 fully saturated rings. The Morgan fingerprint density at radius 1 is 1.17 bits per heavy atom. The third kappa shape index (κ3) is 6.41. The number of esters is 1. The zero-order chi connectivity index (χ0) is 21.6. The maximum Gasteiger partial charge on any atom is 0.338 e. The first-order chi connectivity index (χ1) is 13.6. The summed E-state index contributed by atoms with van der Waals surface area (Å²) < 4.78 is 31.9. The van der Waals surface area contributed by atoms with Crippen LogP contribution in [-0.2, 0) is 19.6 Å². The molecule has 11 heteroatoms. The van der Waals surface area contributed by atoms with Crippen molar-refractivity contribution in [2.45, 2.75) is 44.0 Å². The van der Waals surface area contributed by atoms with E-state index >= 15 is 0 Å². The van der Waals surface area contributed by atoms with Gasteiger partial charge in [-0.25, -0.2) is 18.0 Å². The van der Waals surface area contributed by atoms with E-state index in [0.717, 1.165) is 25.3 Å². The minimum atomic E-state index is -3.85. The lowest BCUT2D eigenvalue weighted by Gasteiger charge is -2.26. The molecule has 1 aliphatic heterocycles. The summed E-state index contributed by atoms with van der Waals surface area (Å²) in [6.07, 6.45) is 2.49. The van der Waals surface area contributed by atoms with Crippen molar-refractivity contribution in [2.75, 3.05) is 19.7 Å². The number of hydrogen-bond donors (Lipinski definition) is 2. The van der Waals surface area contributed by atoms with Crippen LogP contribution in [0, 0.1) is 0 Å². The van der Waals surface area contributed by atoms with Gasteiger partial charge in [0, 0.05) is 19.1 Å². The minimum absolute atomic E-state index is 0.00442. The highest BCUT2D eigenvalue weighted by Gasteiger charge is 2.29. The molecule has 2 N–H and O–H groups in total. The quantitative estimate of drug-likeness (QED) is 0.645. The number of halogens is 1. The molecule has 3 amide bonds. The Bertz CT molecular complexity index is 882. The second-order valence-corrected chi connectivity index (χ2v) is 9.18. The standard InChI is InChI=1S/C18H24ClN3O6S/c1-12(2)20-18(25)21-16(23)11-28-17(24)13-6-7-14(19)15(10-13)29(26,27)22-8-4-3-5-9-22/h6-7,10,12H,3-5,8-9,11H2,1-2H3,(H2,20,21,23,25). The van der Waals surface area contributed by atoms with Crippen molar-refractivity contribution in [2.24, 2.45) is 0 Å². The molecule has 160 valence electrons. The SMILES string of the molecule is CC(C)NC(=O)NC(=O)COC(=O)c1ccc(Cl)c(S(=O)(=O)N2CCCCC2)c1. The van der Waals surface area contributed by atoms with Crippen molar-refractivity contribution in [3.63, 3.8) is 0 Å². The lowest BCUT2D eigenvalue weighted by Crippen LogP contribution is -2.44. The van der Waals surface area contributed by atoms with Gasteiger partial charge in [0.05, 0.1) is 10.6 Å². The number of piperidine rings is 1. The summed E-state index contributed by atoms with van der Waals surface area (Å²) >= 11 is 6.06. The number of urea groups is 1. The van der Waals surface area contributed by atoms with Gasteiger partial charge in [-0.15, -0.1) is 0 Å². The average Bonchev–Trinajstić information content (AvgIpc) is 2.66. The van der Waals surface area contributed by atoms with Crippen molar-refractivity contribution in [1.29, 1.82) is 0 Å². The second-order valence-electron chi connectivity index (χ2n) is 6.86. The molecule has 0 bridgehead atoms. The van der Waals surface area contributed by atoms with Crippen LogP contribution in [0.1, 0.15) is 43.5 Å². The molecule has 0 radical (unpaired) electrons. The predicted octanol–water partition coefficient (Wildman–Crippen LogP) is 1.91. The van der Waals surface area contributed by atoms with Gasteiger partial charge in [0.15, 0.2) is 6.61 Å². The van der Waals surface area contributed by atoms with E-state index < -0.39 is 34.5 Å². The van der Waals surface area contributed by atoms with Crippen LogP contribution >= 0.6 is 11.6 Å². The van der Waals surface area contributed by atoms with Gasteiger partial charge < -0.3 is 10.1 Å². The lowest BCUT2D eigenvalue weighted by atomic mass is 10.2. The Balaban J connectivity index is 2.05. The number of sulfonamides is 1. The number of nitrogens with zero attached hydrogens (tertiary/aromatic N) is 1. The van der Waals surface area contributed by atoms with Crippen molar-refractivity contribution >= 4 is 39.5 Å². The molecule has 9 nitrogen and oxygen atoms in total. The van der Waals surface area contributed by atoms with Gasteiger partial charge >= 0.3 is 12.0 Å². The van der Waals surface area contributed by atoms with Gasteiger partial charge in [-0.1, -0.05) is 18.0 Å². The highest BCUT2D eigenvalue weighted by Crippen LogP contribution is 2.28. The zero-order valence-electron chi connectivity index (χ0n) is 16.2. The van der Waals surface area contributed by atoms with Gasteiger partial charge in [-0.05, 0) is 44.9 Å². The summed E-state index contributed by atoms with van der Waals surface area (Å²) in [5, 5.41) is 4.47. The molecule has 1 aromatic rings. The van der Waals surface area contributed by atoms with E-state index in [4.69, 9.17) is 16.3 Å². The number of nitrogens with one attached hydrogen (secondary N) is 2. The summed E-state index contributed by atoms with van der Waals surface area (Å²) in [6, 6.07) is 2.87. The molecule has 0 aliphatic carbocycles. The number of rotatable bonds is 6. The van der Waals surface area contributed by atoms with E-state index in [1.54, 1.807) is 13.8 Å². The van der Waals surface area contributed by atoms with Gasteiger partial charge in [0.2, 0.25) is 10.0 Å². The topological polar surface area (TPSA) is 122 Å². The van der Waals surface area contributed by atoms with E-state index in [2.05, 4.69) is 5.32 Å². The average molecular weight is 446 g/mol. The smallest absolute Gasteiger partial charge is 0.338 e. The number of hydrogen-bond acceptors (Lipinski definition) is 6. The van der Waals surface area contributed by atoms with Crippen LogP contribution in [0.4, 0.5) is 4.79 Å². The van der Waals surface area contributed by atoms with Crippen molar-refractivity contribution in [1.82, 2.24) is 14.9 Å². The lowest BCUT2D eigenvalue weighted by molar-refractivity contribution is -0.123.